The molecule has 1 aromatic carbocycles. The maximum atomic E-state index is 11.9. The summed E-state index contributed by atoms with van der Waals surface area (Å²) in [5.74, 6) is 0.229. The molecule has 118 valence electrons. The third kappa shape index (κ3) is 7.56. The fraction of sp³-hybridized carbons (Fsp3) is 0.562. The molecule has 0 saturated carbocycles. The predicted molar refractivity (Wildman–Crippen MR) is 81.5 cm³/mol. The zero-order valence-corrected chi connectivity index (χ0v) is 13.2. The molecule has 5 heteroatoms. The normalized spacial score (nSPS) is 12.8. The van der Waals surface area contributed by atoms with Crippen molar-refractivity contribution in [3.63, 3.8) is 0 Å². The molecule has 1 atom stereocenters. The van der Waals surface area contributed by atoms with Crippen LogP contribution in [0.4, 0.5) is 4.79 Å². The van der Waals surface area contributed by atoms with Crippen molar-refractivity contribution in [1.82, 2.24) is 5.32 Å². The smallest absolute Gasteiger partial charge is 0.407 e. The number of ether oxygens (including phenoxy) is 2. The number of benzene rings is 1. The molecule has 5 nitrogen and oxygen atoms in total. The number of aromatic hydroxyl groups is 1. The van der Waals surface area contributed by atoms with Crippen LogP contribution in [0.3, 0.4) is 0 Å². The number of hydrogen-bond donors (Lipinski definition) is 2. The molecule has 0 heterocycles. The first-order valence-corrected chi connectivity index (χ1v) is 7.06. The van der Waals surface area contributed by atoms with Gasteiger partial charge in [-0.15, -0.1) is 0 Å². The molecule has 0 unspecified atom stereocenters. The van der Waals surface area contributed by atoms with E-state index in [1.807, 2.05) is 32.9 Å². The summed E-state index contributed by atoms with van der Waals surface area (Å²) in [6.07, 6.45) is 0.918. The number of amides is 1. The zero-order valence-electron chi connectivity index (χ0n) is 13.2. The van der Waals surface area contributed by atoms with Crippen LogP contribution in [0.2, 0.25) is 0 Å². The molecule has 0 aliphatic carbocycles. The number of carbonyl (C=O) groups is 1. The van der Waals surface area contributed by atoms with Crippen molar-refractivity contribution in [1.29, 1.82) is 0 Å². The summed E-state index contributed by atoms with van der Waals surface area (Å²) in [6.45, 7) is 6.04. The zero-order chi connectivity index (χ0) is 15.9. The average molecular weight is 295 g/mol. The number of carbonyl (C=O) groups excluding carboxylic acids is 1. The van der Waals surface area contributed by atoms with Gasteiger partial charge in [-0.3, -0.25) is 0 Å². The molecule has 1 amide bonds. The van der Waals surface area contributed by atoms with Crippen molar-refractivity contribution in [2.45, 2.75) is 45.3 Å². The van der Waals surface area contributed by atoms with E-state index < -0.39 is 11.7 Å². The predicted octanol–water partition coefficient (Wildman–Crippen LogP) is 2.86. The Morgan fingerprint density at radius 1 is 1.29 bits per heavy atom. The van der Waals surface area contributed by atoms with Crippen LogP contribution >= 0.6 is 0 Å². The van der Waals surface area contributed by atoms with Crippen LogP contribution in [0.1, 0.15) is 32.8 Å². The number of phenols is 1. The fourth-order valence-electron chi connectivity index (χ4n) is 1.88. The molecule has 1 aromatic rings. The molecule has 1 rings (SSSR count). The van der Waals surface area contributed by atoms with Crippen LogP contribution in [0.25, 0.3) is 0 Å². The summed E-state index contributed by atoms with van der Waals surface area (Å²) in [4.78, 5) is 11.9. The van der Waals surface area contributed by atoms with Gasteiger partial charge in [-0.1, -0.05) is 12.1 Å². The second-order valence-electron chi connectivity index (χ2n) is 6.00. The molecule has 0 aliphatic rings. The molecule has 21 heavy (non-hydrogen) atoms. The second-order valence-corrected chi connectivity index (χ2v) is 6.00. The van der Waals surface area contributed by atoms with Crippen molar-refractivity contribution in [3.05, 3.63) is 29.8 Å². The lowest BCUT2D eigenvalue weighted by Gasteiger charge is -2.23. The minimum Gasteiger partial charge on any atom is -0.508 e. The molecular weight excluding hydrogens is 270 g/mol. The van der Waals surface area contributed by atoms with E-state index >= 15 is 0 Å². The number of hydrogen-bond acceptors (Lipinski definition) is 4. The van der Waals surface area contributed by atoms with Gasteiger partial charge in [-0.25, -0.2) is 4.79 Å². The molecule has 0 bridgehead atoms. The number of methoxy groups -OCH3 is 1. The van der Waals surface area contributed by atoms with Gasteiger partial charge in [0.15, 0.2) is 0 Å². The minimum absolute atomic E-state index is 0.0793. The van der Waals surface area contributed by atoms with E-state index in [1.54, 1.807) is 19.2 Å². The largest absolute Gasteiger partial charge is 0.508 e. The van der Waals surface area contributed by atoms with Gasteiger partial charge in [0.25, 0.3) is 0 Å². The van der Waals surface area contributed by atoms with E-state index in [2.05, 4.69) is 5.32 Å². The minimum atomic E-state index is -0.519. The van der Waals surface area contributed by atoms with Gasteiger partial charge in [0.2, 0.25) is 0 Å². The topological polar surface area (TPSA) is 67.8 Å². The molecule has 0 fully saturated rings. The SMILES string of the molecule is COCC[C@H](Cc1ccc(O)cc1)NC(=O)OC(C)(C)C. The van der Waals surface area contributed by atoms with Gasteiger partial charge in [0.1, 0.15) is 11.4 Å². The molecule has 2 N–H and O–H groups in total. The van der Waals surface area contributed by atoms with Gasteiger partial charge in [0, 0.05) is 19.8 Å². The summed E-state index contributed by atoms with van der Waals surface area (Å²) in [5, 5.41) is 12.2. The second kappa shape index (κ2) is 7.88. The summed E-state index contributed by atoms with van der Waals surface area (Å²) in [7, 11) is 1.63. The van der Waals surface area contributed by atoms with Crippen LogP contribution in [0.5, 0.6) is 5.75 Å². The lowest BCUT2D eigenvalue weighted by Crippen LogP contribution is -2.40. The van der Waals surface area contributed by atoms with Crippen molar-refractivity contribution in [2.24, 2.45) is 0 Å². The van der Waals surface area contributed by atoms with E-state index in [1.165, 1.54) is 0 Å². The molecule has 0 spiro atoms. The van der Waals surface area contributed by atoms with Crippen molar-refractivity contribution in [2.75, 3.05) is 13.7 Å². The maximum Gasteiger partial charge on any atom is 0.407 e. The Morgan fingerprint density at radius 3 is 2.43 bits per heavy atom. The Balaban J connectivity index is 2.62. The van der Waals surface area contributed by atoms with E-state index in [0.717, 1.165) is 5.56 Å². The number of alkyl carbamates (subject to hydrolysis) is 1. The molecule has 0 aliphatic heterocycles. The Hall–Kier alpha value is -1.75. The molecule has 0 radical (unpaired) electrons. The van der Waals surface area contributed by atoms with Crippen LogP contribution in [-0.2, 0) is 15.9 Å². The van der Waals surface area contributed by atoms with Crippen molar-refractivity contribution >= 4 is 6.09 Å². The van der Waals surface area contributed by atoms with Crippen LogP contribution in [0.15, 0.2) is 24.3 Å². The van der Waals surface area contributed by atoms with Gasteiger partial charge >= 0.3 is 6.09 Å². The first-order valence-electron chi connectivity index (χ1n) is 7.06. The first kappa shape index (κ1) is 17.3. The Bertz CT molecular complexity index is 437. The van der Waals surface area contributed by atoms with E-state index in [9.17, 15) is 9.90 Å². The Labute approximate surface area is 126 Å². The average Bonchev–Trinajstić information content (AvgIpc) is 2.36. The number of phenolic OH excluding ortho intramolecular Hbond substituents is 1. The van der Waals surface area contributed by atoms with Gasteiger partial charge in [-0.2, -0.15) is 0 Å². The monoisotopic (exact) mass is 295 g/mol. The highest BCUT2D eigenvalue weighted by atomic mass is 16.6. The highest BCUT2D eigenvalue weighted by molar-refractivity contribution is 5.68. The van der Waals surface area contributed by atoms with E-state index in [4.69, 9.17) is 9.47 Å². The van der Waals surface area contributed by atoms with Crippen LogP contribution in [-0.4, -0.2) is 36.6 Å². The van der Waals surface area contributed by atoms with Gasteiger partial charge in [0.05, 0.1) is 0 Å². The van der Waals surface area contributed by atoms with Gasteiger partial charge < -0.3 is 19.9 Å². The highest BCUT2D eigenvalue weighted by Gasteiger charge is 2.19. The third-order valence-corrected chi connectivity index (χ3v) is 2.81. The van der Waals surface area contributed by atoms with Crippen molar-refractivity contribution < 1.29 is 19.4 Å². The van der Waals surface area contributed by atoms with E-state index in [0.29, 0.717) is 19.4 Å². The summed E-state index contributed by atoms with van der Waals surface area (Å²) in [6, 6.07) is 6.87. The number of nitrogens with one attached hydrogen (secondary N) is 1. The third-order valence-electron chi connectivity index (χ3n) is 2.81. The Kier molecular flexibility index (Phi) is 6.49. The van der Waals surface area contributed by atoms with Crippen LogP contribution < -0.4 is 5.32 Å². The standard InChI is InChI=1S/C16H25NO4/c1-16(2,3)21-15(19)17-13(9-10-20-4)11-12-5-7-14(18)8-6-12/h5-8,13,18H,9-11H2,1-4H3,(H,17,19)/t13-/m1/s1. The molecular formula is C16H25NO4. The first-order chi connectivity index (χ1) is 9.80. The lowest BCUT2D eigenvalue weighted by molar-refractivity contribution is 0.0493. The van der Waals surface area contributed by atoms with Crippen molar-refractivity contribution in [3.8, 4) is 5.75 Å². The Morgan fingerprint density at radius 2 is 1.90 bits per heavy atom. The highest BCUT2D eigenvalue weighted by Crippen LogP contribution is 2.13. The quantitative estimate of drug-likeness (QED) is 0.847. The van der Waals surface area contributed by atoms with E-state index in [-0.39, 0.29) is 11.8 Å². The lowest BCUT2D eigenvalue weighted by atomic mass is 10.0. The number of rotatable bonds is 6. The molecule has 0 saturated heterocycles. The molecule has 0 aromatic heterocycles. The summed E-state index contributed by atoms with van der Waals surface area (Å²) in [5.41, 5.74) is 0.513. The van der Waals surface area contributed by atoms with Gasteiger partial charge in [-0.05, 0) is 51.3 Å². The van der Waals surface area contributed by atoms with Crippen LogP contribution in [0, 0.1) is 0 Å². The summed E-state index contributed by atoms with van der Waals surface area (Å²) < 4.78 is 10.4. The fourth-order valence-corrected chi connectivity index (χ4v) is 1.88. The summed E-state index contributed by atoms with van der Waals surface area (Å²) >= 11 is 0. The maximum absolute atomic E-state index is 11.9.